The molecule has 3 nitrogen and oxygen atoms in total. The topological polar surface area (TPSA) is 49.3 Å². The van der Waals surface area contributed by atoms with Crippen LogP contribution in [0.4, 0.5) is 0 Å². The average molecular weight is 390 g/mol. The van der Waals surface area contributed by atoms with Crippen LogP contribution in [0, 0.1) is 0 Å². The molecule has 0 heterocycles. The molecule has 2 aromatic carbocycles. The molecular weight excluding hydrogens is 366 g/mol. The molecule has 2 N–H and O–H groups in total. The summed E-state index contributed by atoms with van der Waals surface area (Å²) in [7, 11) is 0. The normalized spacial score (nSPS) is 19.9. The van der Waals surface area contributed by atoms with E-state index in [4.69, 9.17) is 11.6 Å². The molecule has 1 amide bonds. The van der Waals surface area contributed by atoms with Gasteiger partial charge in [0.05, 0.1) is 6.10 Å². The minimum atomic E-state index is -0.195. The minimum Gasteiger partial charge on any atom is -0.393 e. The van der Waals surface area contributed by atoms with E-state index in [0.29, 0.717) is 6.42 Å². The lowest BCUT2D eigenvalue weighted by Gasteiger charge is -2.26. The maximum atomic E-state index is 12.3. The van der Waals surface area contributed by atoms with Crippen LogP contribution >= 0.6 is 23.4 Å². The number of amides is 1. The van der Waals surface area contributed by atoms with Crippen molar-refractivity contribution in [2.45, 2.75) is 60.5 Å². The number of hydrogen-bond acceptors (Lipinski definition) is 3. The number of aliphatic hydroxyl groups excluding tert-OH is 1. The first-order valence-corrected chi connectivity index (χ1v) is 10.3. The van der Waals surface area contributed by atoms with E-state index in [1.165, 1.54) is 10.5 Å². The van der Waals surface area contributed by atoms with Crippen molar-refractivity contribution in [3.8, 4) is 0 Å². The molecule has 1 saturated carbocycles. The van der Waals surface area contributed by atoms with Crippen LogP contribution in [0.2, 0.25) is 5.02 Å². The van der Waals surface area contributed by atoms with E-state index in [1.807, 2.05) is 36.4 Å². The van der Waals surface area contributed by atoms with Gasteiger partial charge in [0.15, 0.2) is 0 Å². The van der Waals surface area contributed by atoms with E-state index in [1.54, 1.807) is 11.8 Å². The van der Waals surface area contributed by atoms with E-state index in [9.17, 15) is 9.90 Å². The lowest BCUT2D eigenvalue weighted by molar-refractivity contribution is -0.122. The molecule has 0 atom stereocenters. The predicted octanol–water partition coefficient (Wildman–Crippen LogP) is 4.84. The Hall–Kier alpha value is -1.49. The molecular formula is C21H24ClNO2S. The van der Waals surface area contributed by atoms with Crippen molar-refractivity contribution in [3.05, 3.63) is 59.1 Å². The Morgan fingerprint density at radius 3 is 2.50 bits per heavy atom. The number of carbonyl (C=O) groups excluding carboxylic acids is 1. The zero-order valence-corrected chi connectivity index (χ0v) is 16.2. The number of hydrogen-bond donors (Lipinski definition) is 2. The van der Waals surface area contributed by atoms with Gasteiger partial charge in [-0.25, -0.2) is 0 Å². The third-order valence-corrected chi connectivity index (χ3v) is 6.08. The zero-order valence-electron chi connectivity index (χ0n) is 14.7. The summed E-state index contributed by atoms with van der Waals surface area (Å²) in [5.74, 6) is 0.0951. The first kappa shape index (κ1) is 19.3. The van der Waals surface area contributed by atoms with Crippen LogP contribution < -0.4 is 5.32 Å². The summed E-state index contributed by atoms with van der Waals surface area (Å²) in [5.41, 5.74) is 1.18. The minimum absolute atomic E-state index is 0.0951. The summed E-state index contributed by atoms with van der Waals surface area (Å²) in [4.78, 5) is 14.6. The molecule has 26 heavy (non-hydrogen) atoms. The highest BCUT2D eigenvalue weighted by atomic mass is 35.5. The van der Waals surface area contributed by atoms with Crippen molar-refractivity contribution in [1.82, 2.24) is 5.32 Å². The summed E-state index contributed by atoms with van der Waals surface area (Å²) >= 11 is 7.64. The Labute approximate surface area is 164 Å². The summed E-state index contributed by atoms with van der Waals surface area (Å²) in [6.07, 6.45) is 4.32. The first-order chi connectivity index (χ1) is 12.6. The maximum Gasteiger partial charge on any atom is 0.220 e. The van der Waals surface area contributed by atoms with Gasteiger partial charge in [-0.1, -0.05) is 41.6 Å². The SMILES string of the molecule is O=C(CCc1ccccc1Sc1ccc(Cl)cc1)NC1CCC(O)CC1. The molecule has 2 aromatic rings. The fourth-order valence-corrected chi connectivity index (χ4v) is 4.31. The third kappa shape index (κ3) is 5.76. The van der Waals surface area contributed by atoms with Gasteiger partial charge in [0, 0.05) is 27.3 Å². The van der Waals surface area contributed by atoms with Crippen molar-refractivity contribution in [2.75, 3.05) is 0 Å². The first-order valence-electron chi connectivity index (χ1n) is 9.09. The number of nitrogens with one attached hydrogen (secondary N) is 1. The molecule has 0 aromatic heterocycles. The molecule has 0 radical (unpaired) electrons. The van der Waals surface area contributed by atoms with Crippen molar-refractivity contribution in [3.63, 3.8) is 0 Å². The van der Waals surface area contributed by atoms with Crippen molar-refractivity contribution in [2.24, 2.45) is 0 Å². The maximum absolute atomic E-state index is 12.3. The van der Waals surface area contributed by atoms with Gasteiger partial charge in [0.25, 0.3) is 0 Å². The van der Waals surface area contributed by atoms with Crippen molar-refractivity contribution in [1.29, 1.82) is 0 Å². The van der Waals surface area contributed by atoms with Gasteiger partial charge < -0.3 is 10.4 Å². The number of benzene rings is 2. The average Bonchev–Trinajstić information content (AvgIpc) is 2.65. The van der Waals surface area contributed by atoms with Crippen LogP contribution in [0.3, 0.4) is 0 Å². The van der Waals surface area contributed by atoms with Gasteiger partial charge in [-0.2, -0.15) is 0 Å². The number of rotatable bonds is 6. The molecule has 0 saturated heterocycles. The molecule has 5 heteroatoms. The van der Waals surface area contributed by atoms with Gasteiger partial charge in [0.1, 0.15) is 0 Å². The molecule has 1 aliphatic carbocycles. The Morgan fingerprint density at radius 1 is 1.08 bits per heavy atom. The van der Waals surface area contributed by atoms with E-state index < -0.39 is 0 Å². The van der Waals surface area contributed by atoms with Crippen LogP contribution in [-0.2, 0) is 11.2 Å². The van der Waals surface area contributed by atoms with Crippen LogP contribution in [0.25, 0.3) is 0 Å². The smallest absolute Gasteiger partial charge is 0.220 e. The lowest BCUT2D eigenvalue weighted by atomic mass is 9.93. The molecule has 0 bridgehead atoms. The Kier molecular flexibility index (Phi) is 7.00. The molecule has 0 unspecified atom stereocenters. The number of aryl methyl sites for hydroxylation is 1. The molecule has 1 aliphatic rings. The monoisotopic (exact) mass is 389 g/mol. The molecule has 0 spiro atoms. The van der Waals surface area contributed by atoms with Gasteiger partial charge >= 0.3 is 0 Å². The Morgan fingerprint density at radius 2 is 1.77 bits per heavy atom. The van der Waals surface area contributed by atoms with E-state index >= 15 is 0 Å². The second-order valence-corrected chi connectivity index (χ2v) is 8.29. The number of aliphatic hydroxyl groups is 1. The van der Waals surface area contributed by atoms with Gasteiger partial charge in [-0.15, -0.1) is 0 Å². The highest BCUT2D eigenvalue weighted by molar-refractivity contribution is 7.99. The highest BCUT2D eigenvalue weighted by Crippen LogP contribution is 2.31. The van der Waals surface area contributed by atoms with E-state index in [-0.39, 0.29) is 18.1 Å². The highest BCUT2D eigenvalue weighted by Gasteiger charge is 2.20. The van der Waals surface area contributed by atoms with Crippen molar-refractivity contribution < 1.29 is 9.90 Å². The molecule has 138 valence electrons. The molecule has 3 rings (SSSR count). The zero-order chi connectivity index (χ0) is 18.4. The molecule has 0 aliphatic heterocycles. The Balaban J connectivity index is 1.54. The predicted molar refractivity (Wildman–Crippen MR) is 107 cm³/mol. The summed E-state index contributed by atoms with van der Waals surface area (Å²) < 4.78 is 0. The summed E-state index contributed by atoms with van der Waals surface area (Å²) in [6, 6.07) is 16.2. The third-order valence-electron chi connectivity index (χ3n) is 4.70. The van der Waals surface area contributed by atoms with Crippen LogP contribution in [0.15, 0.2) is 58.3 Å². The largest absolute Gasteiger partial charge is 0.393 e. The summed E-state index contributed by atoms with van der Waals surface area (Å²) in [5, 5.41) is 13.4. The van der Waals surface area contributed by atoms with Crippen molar-refractivity contribution >= 4 is 29.3 Å². The molecule has 1 fully saturated rings. The quantitative estimate of drug-likeness (QED) is 0.742. The van der Waals surface area contributed by atoms with Crippen LogP contribution in [0.5, 0.6) is 0 Å². The van der Waals surface area contributed by atoms with Gasteiger partial charge in [-0.05, 0) is 68.0 Å². The Bertz CT molecular complexity index is 727. The lowest BCUT2D eigenvalue weighted by Crippen LogP contribution is -2.38. The fraction of sp³-hybridized carbons (Fsp3) is 0.381. The van der Waals surface area contributed by atoms with Crippen LogP contribution in [-0.4, -0.2) is 23.2 Å². The number of carbonyl (C=O) groups is 1. The van der Waals surface area contributed by atoms with Crippen LogP contribution in [0.1, 0.15) is 37.7 Å². The van der Waals surface area contributed by atoms with E-state index in [0.717, 1.165) is 42.0 Å². The standard InChI is InChI=1S/C21H24ClNO2S/c22-16-6-12-19(13-7-16)26-20-4-2-1-3-15(20)5-14-21(25)23-17-8-10-18(24)11-9-17/h1-4,6-7,12-13,17-18,24H,5,8-11,14H2,(H,23,25). The second kappa shape index (κ2) is 9.45. The fourth-order valence-electron chi connectivity index (χ4n) is 3.21. The summed E-state index contributed by atoms with van der Waals surface area (Å²) in [6.45, 7) is 0. The number of halogens is 1. The van der Waals surface area contributed by atoms with Gasteiger partial charge in [0.2, 0.25) is 5.91 Å². The van der Waals surface area contributed by atoms with E-state index in [2.05, 4.69) is 17.4 Å². The van der Waals surface area contributed by atoms with Gasteiger partial charge in [-0.3, -0.25) is 4.79 Å². The second-order valence-electron chi connectivity index (χ2n) is 6.74.